The van der Waals surface area contributed by atoms with Crippen molar-refractivity contribution in [2.45, 2.75) is 19.6 Å². The SMILES string of the molecule is C[C@@H]1COCCN1Cn1nc2ccccn2c1=O. The van der Waals surface area contributed by atoms with Crippen LogP contribution >= 0.6 is 0 Å². The van der Waals surface area contributed by atoms with Gasteiger partial charge in [-0.2, -0.15) is 4.68 Å². The minimum Gasteiger partial charge on any atom is -0.379 e. The van der Waals surface area contributed by atoms with Crippen LogP contribution in [0, 0.1) is 0 Å². The van der Waals surface area contributed by atoms with Crippen molar-refractivity contribution in [1.29, 1.82) is 0 Å². The third kappa shape index (κ3) is 1.93. The van der Waals surface area contributed by atoms with Gasteiger partial charge < -0.3 is 4.74 Å². The molecule has 0 N–H and O–H groups in total. The van der Waals surface area contributed by atoms with Crippen molar-refractivity contribution in [2.75, 3.05) is 19.8 Å². The average Bonchev–Trinajstić information content (AvgIpc) is 2.70. The summed E-state index contributed by atoms with van der Waals surface area (Å²) in [6.07, 6.45) is 1.74. The van der Waals surface area contributed by atoms with Crippen LogP contribution in [0.15, 0.2) is 29.2 Å². The molecule has 0 spiro atoms. The van der Waals surface area contributed by atoms with Gasteiger partial charge in [0.2, 0.25) is 0 Å². The highest BCUT2D eigenvalue weighted by Gasteiger charge is 2.20. The summed E-state index contributed by atoms with van der Waals surface area (Å²) in [6, 6.07) is 5.86. The summed E-state index contributed by atoms with van der Waals surface area (Å²) >= 11 is 0. The first kappa shape index (κ1) is 11.4. The fourth-order valence-electron chi connectivity index (χ4n) is 2.20. The van der Waals surface area contributed by atoms with Gasteiger partial charge in [-0.3, -0.25) is 9.30 Å². The summed E-state index contributed by atoms with van der Waals surface area (Å²) in [6.45, 7) is 4.88. The second-order valence-corrected chi connectivity index (χ2v) is 4.59. The molecule has 0 aliphatic carbocycles. The molecule has 2 aromatic rings. The van der Waals surface area contributed by atoms with Gasteiger partial charge in [-0.15, -0.1) is 5.10 Å². The molecule has 0 amide bonds. The minimum atomic E-state index is -0.0932. The van der Waals surface area contributed by atoms with Crippen molar-refractivity contribution in [3.8, 4) is 0 Å². The Kier molecular flexibility index (Phi) is 2.89. The predicted molar refractivity (Wildman–Crippen MR) is 66.4 cm³/mol. The Morgan fingerprint density at radius 2 is 2.39 bits per heavy atom. The second kappa shape index (κ2) is 4.55. The maximum absolute atomic E-state index is 12.1. The van der Waals surface area contributed by atoms with E-state index in [1.54, 1.807) is 10.6 Å². The molecule has 6 heteroatoms. The number of hydrogen-bond acceptors (Lipinski definition) is 4. The van der Waals surface area contributed by atoms with E-state index in [2.05, 4.69) is 16.9 Å². The van der Waals surface area contributed by atoms with Crippen LogP contribution in [0.1, 0.15) is 6.92 Å². The van der Waals surface area contributed by atoms with Crippen LogP contribution in [0.2, 0.25) is 0 Å². The summed E-state index contributed by atoms with van der Waals surface area (Å²) in [5.74, 6) is 0. The van der Waals surface area contributed by atoms with Gasteiger partial charge in [0.1, 0.15) is 0 Å². The highest BCUT2D eigenvalue weighted by Crippen LogP contribution is 2.06. The van der Waals surface area contributed by atoms with Gasteiger partial charge >= 0.3 is 5.69 Å². The summed E-state index contributed by atoms with van der Waals surface area (Å²) in [5, 5.41) is 4.33. The zero-order chi connectivity index (χ0) is 12.5. The monoisotopic (exact) mass is 248 g/mol. The number of hydrogen-bond donors (Lipinski definition) is 0. The van der Waals surface area contributed by atoms with Crippen molar-refractivity contribution in [3.05, 3.63) is 34.9 Å². The number of nitrogens with zero attached hydrogens (tertiary/aromatic N) is 4. The number of aromatic nitrogens is 3. The van der Waals surface area contributed by atoms with E-state index < -0.39 is 0 Å². The van der Waals surface area contributed by atoms with E-state index in [-0.39, 0.29) is 5.69 Å². The van der Waals surface area contributed by atoms with Crippen LogP contribution in [0.4, 0.5) is 0 Å². The lowest BCUT2D eigenvalue weighted by molar-refractivity contribution is -0.0178. The standard InChI is InChI=1S/C12H16N4O2/c1-10-8-18-7-6-14(10)9-16-12(17)15-5-3-2-4-11(15)13-16/h2-5,10H,6-9H2,1H3/t10-/m1/s1. The molecule has 0 saturated carbocycles. The molecule has 1 aliphatic heterocycles. The van der Waals surface area contributed by atoms with Gasteiger partial charge in [-0.05, 0) is 19.1 Å². The Morgan fingerprint density at radius 3 is 3.17 bits per heavy atom. The highest BCUT2D eigenvalue weighted by atomic mass is 16.5. The van der Waals surface area contributed by atoms with Crippen molar-refractivity contribution in [1.82, 2.24) is 19.1 Å². The number of ether oxygens (including phenoxy) is 1. The lowest BCUT2D eigenvalue weighted by Crippen LogP contribution is -2.46. The minimum absolute atomic E-state index is 0.0932. The molecule has 6 nitrogen and oxygen atoms in total. The summed E-state index contributed by atoms with van der Waals surface area (Å²) in [5.41, 5.74) is 0.590. The maximum Gasteiger partial charge on any atom is 0.351 e. The van der Waals surface area contributed by atoms with Gasteiger partial charge in [0, 0.05) is 18.8 Å². The van der Waals surface area contributed by atoms with Crippen molar-refractivity contribution in [2.24, 2.45) is 0 Å². The zero-order valence-corrected chi connectivity index (χ0v) is 10.3. The summed E-state index contributed by atoms with van der Waals surface area (Å²) in [4.78, 5) is 14.3. The fourth-order valence-corrected chi connectivity index (χ4v) is 2.20. The maximum atomic E-state index is 12.1. The molecular weight excluding hydrogens is 232 g/mol. The lowest BCUT2D eigenvalue weighted by Gasteiger charge is -2.32. The Hall–Kier alpha value is -1.66. The first-order chi connectivity index (χ1) is 8.75. The van der Waals surface area contributed by atoms with E-state index in [0.29, 0.717) is 31.6 Å². The van der Waals surface area contributed by atoms with E-state index >= 15 is 0 Å². The number of morpholine rings is 1. The average molecular weight is 248 g/mol. The van der Waals surface area contributed by atoms with Gasteiger partial charge in [-0.1, -0.05) is 6.07 Å². The quantitative estimate of drug-likeness (QED) is 0.760. The van der Waals surface area contributed by atoms with E-state index in [1.165, 1.54) is 4.68 Å². The fraction of sp³-hybridized carbons (Fsp3) is 0.500. The molecule has 0 unspecified atom stereocenters. The van der Waals surface area contributed by atoms with E-state index in [4.69, 9.17) is 4.74 Å². The van der Waals surface area contributed by atoms with Gasteiger partial charge in [0.25, 0.3) is 0 Å². The zero-order valence-electron chi connectivity index (χ0n) is 10.3. The topological polar surface area (TPSA) is 51.8 Å². The molecule has 1 atom stereocenters. The first-order valence-electron chi connectivity index (χ1n) is 6.12. The van der Waals surface area contributed by atoms with E-state index in [0.717, 1.165) is 6.54 Å². The smallest absolute Gasteiger partial charge is 0.351 e. The van der Waals surface area contributed by atoms with Crippen LogP contribution in [0.5, 0.6) is 0 Å². The molecule has 3 rings (SSSR count). The Labute approximate surface area is 104 Å². The third-order valence-electron chi connectivity index (χ3n) is 3.31. The molecule has 18 heavy (non-hydrogen) atoms. The Balaban J connectivity index is 1.90. The molecule has 1 fully saturated rings. The number of rotatable bonds is 2. The van der Waals surface area contributed by atoms with Gasteiger partial charge in [0.05, 0.1) is 19.9 Å². The Bertz CT molecular complexity index is 603. The van der Waals surface area contributed by atoms with Crippen LogP contribution in [-0.2, 0) is 11.4 Å². The molecule has 0 bridgehead atoms. The van der Waals surface area contributed by atoms with Gasteiger partial charge in [0.15, 0.2) is 5.65 Å². The van der Waals surface area contributed by atoms with Crippen molar-refractivity contribution >= 4 is 5.65 Å². The lowest BCUT2D eigenvalue weighted by atomic mass is 10.3. The highest BCUT2D eigenvalue weighted by molar-refractivity contribution is 5.35. The van der Waals surface area contributed by atoms with Crippen LogP contribution in [0.25, 0.3) is 5.65 Å². The molecular formula is C12H16N4O2. The largest absolute Gasteiger partial charge is 0.379 e. The van der Waals surface area contributed by atoms with E-state index in [9.17, 15) is 4.79 Å². The number of fused-ring (bicyclic) bond motifs is 1. The predicted octanol–water partition coefficient (Wildman–Crippen LogP) is 0.174. The first-order valence-corrected chi connectivity index (χ1v) is 6.12. The van der Waals surface area contributed by atoms with Crippen LogP contribution in [-0.4, -0.2) is 44.9 Å². The van der Waals surface area contributed by atoms with Crippen molar-refractivity contribution in [3.63, 3.8) is 0 Å². The molecule has 1 saturated heterocycles. The molecule has 96 valence electrons. The summed E-state index contributed by atoms with van der Waals surface area (Å²) in [7, 11) is 0. The molecule has 0 radical (unpaired) electrons. The van der Waals surface area contributed by atoms with Gasteiger partial charge in [-0.25, -0.2) is 4.79 Å². The number of pyridine rings is 1. The second-order valence-electron chi connectivity index (χ2n) is 4.59. The summed E-state index contributed by atoms with van der Waals surface area (Å²) < 4.78 is 8.46. The third-order valence-corrected chi connectivity index (χ3v) is 3.31. The molecule has 0 aromatic carbocycles. The molecule has 2 aromatic heterocycles. The molecule has 1 aliphatic rings. The van der Waals surface area contributed by atoms with Crippen LogP contribution in [0.3, 0.4) is 0 Å². The van der Waals surface area contributed by atoms with Crippen molar-refractivity contribution < 1.29 is 4.74 Å². The molecule has 3 heterocycles. The Morgan fingerprint density at radius 1 is 1.50 bits per heavy atom. The van der Waals surface area contributed by atoms with E-state index in [1.807, 2.05) is 18.2 Å². The normalized spacial score (nSPS) is 21.5. The van der Waals surface area contributed by atoms with Crippen LogP contribution < -0.4 is 5.69 Å².